The number of halogens is 2. The van der Waals surface area contributed by atoms with Crippen molar-refractivity contribution in [3.05, 3.63) is 112 Å². The van der Waals surface area contributed by atoms with Crippen LogP contribution in [0.15, 0.2) is 112 Å². The molecule has 4 aromatic carbocycles. The molecule has 0 unspecified atom stereocenters. The number of hydrogen-bond acceptors (Lipinski definition) is 3. The van der Waals surface area contributed by atoms with E-state index in [9.17, 15) is 0 Å². The number of pyridine rings is 2. The van der Waals surface area contributed by atoms with E-state index in [0.717, 1.165) is 60.9 Å². The monoisotopic (exact) mass is 647 g/mol. The van der Waals surface area contributed by atoms with E-state index in [1.165, 1.54) is 41.5 Å². The van der Waals surface area contributed by atoms with Crippen molar-refractivity contribution in [2.24, 2.45) is 0 Å². The van der Waals surface area contributed by atoms with Crippen molar-refractivity contribution in [3.63, 3.8) is 0 Å². The van der Waals surface area contributed by atoms with E-state index < -0.39 is 0 Å². The summed E-state index contributed by atoms with van der Waals surface area (Å²) < 4.78 is 2.08. The molecule has 196 valence electrons. The number of benzene rings is 4. The lowest BCUT2D eigenvalue weighted by atomic mass is 9.91. The third kappa shape index (κ3) is 4.71. The van der Waals surface area contributed by atoms with E-state index in [0.29, 0.717) is 0 Å². The topological polar surface area (TPSA) is 29.0 Å². The zero-order chi connectivity index (χ0) is 27.1. The maximum absolute atomic E-state index is 5.36. The minimum Gasteiger partial charge on any atom is -0.356 e. The molecule has 1 saturated heterocycles. The number of hydrogen-bond donors (Lipinski definition) is 0. The molecule has 0 bridgehead atoms. The Bertz CT molecular complexity index is 1850. The number of nitrogens with zero attached hydrogens (tertiary/aromatic N) is 3. The second-order valence-electron chi connectivity index (χ2n) is 10.3. The number of anilines is 1. The van der Waals surface area contributed by atoms with E-state index in [4.69, 9.17) is 9.97 Å². The van der Waals surface area contributed by atoms with E-state index in [2.05, 4.69) is 140 Å². The molecule has 0 spiro atoms. The highest BCUT2D eigenvalue weighted by Gasteiger charge is 2.25. The molecule has 2 aromatic heterocycles. The first-order valence-corrected chi connectivity index (χ1v) is 15.3. The van der Waals surface area contributed by atoms with Crippen LogP contribution < -0.4 is 4.90 Å². The molecule has 1 aliphatic heterocycles. The van der Waals surface area contributed by atoms with Crippen molar-refractivity contribution in [1.29, 1.82) is 0 Å². The minimum absolute atomic E-state index is 0.947. The van der Waals surface area contributed by atoms with Crippen LogP contribution in [0.5, 0.6) is 0 Å². The van der Waals surface area contributed by atoms with Gasteiger partial charge in [0.1, 0.15) is 5.82 Å². The maximum atomic E-state index is 5.36. The Morgan fingerprint density at radius 2 is 1.15 bits per heavy atom. The van der Waals surface area contributed by atoms with Gasteiger partial charge in [-0.2, -0.15) is 0 Å². The average molecular weight is 649 g/mol. The molecule has 1 fully saturated rings. The van der Waals surface area contributed by atoms with Gasteiger partial charge in [-0.3, -0.25) is 0 Å². The van der Waals surface area contributed by atoms with Gasteiger partial charge in [0, 0.05) is 38.4 Å². The number of fused-ring (bicyclic) bond motifs is 2. The lowest BCUT2D eigenvalue weighted by Crippen LogP contribution is -2.31. The van der Waals surface area contributed by atoms with Crippen LogP contribution in [0.2, 0.25) is 0 Å². The van der Waals surface area contributed by atoms with Crippen molar-refractivity contribution >= 4 is 59.5 Å². The van der Waals surface area contributed by atoms with Crippen molar-refractivity contribution in [2.45, 2.75) is 19.3 Å². The predicted octanol–water partition coefficient (Wildman–Crippen LogP) is 10.3. The Balaban J connectivity index is 1.62. The highest BCUT2D eigenvalue weighted by molar-refractivity contribution is 9.10. The number of rotatable bonds is 4. The van der Waals surface area contributed by atoms with Gasteiger partial charge in [0.2, 0.25) is 0 Å². The summed E-state index contributed by atoms with van der Waals surface area (Å²) in [6, 6.07) is 36.4. The maximum Gasteiger partial charge on any atom is 0.139 e. The van der Waals surface area contributed by atoms with Gasteiger partial charge in [-0.15, -0.1) is 0 Å². The number of aromatic nitrogens is 2. The Morgan fingerprint density at radius 1 is 0.550 bits per heavy atom. The summed E-state index contributed by atoms with van der Waals surface area (Å²) in [4.78, 5) is 13.2. The molecular weight excluding hydrogens is 622 g/mol. The van der Waals surface area contributed by atoms with Gasteiger partial charge in [0.25, 0.3) is 0 Å². The summed E-state index contributed by atoms with van der Waals surface area (Å²) in [6.45, 7) is 2.00. The lowest BCUT2D eigenvalue weighted by molar-refractivity contribution is 0.574. The van der Waals surface area contributed by atoms with Gasteiger partial charge < -0.3 is 4.90 Å². The SMILES string of the molecule is Brc1ccc2nc(-c3c(N4CCCCC4)nc4ccc(Br)cc4c3-c3ccccc3)cc(-c3ccccc3)c2c1. The third-order valence-corrected chi connectivity index (χ3v) is 8.74. The van der Waals surface area contributed by atoms with Gasteiger partial charge in [0.15, 0.2) is 0 Å². The Hall–Kier alpha value is -3.54. The molecule has 7 rings (SSSR count). The van der Waals surface area contributed by atoms with Gasteiger partial charge in [-0.1, -0.05) is 92.5 Å². The number of piperidine rings is 1. The molecule has 5 heteroatoms. The summed E-state index contributed by atoms with van der Waals surface area (Å²) in [5, 5.41) is 2.25. The van der Waals surface area contributed by atoms with Crippen LogP contribution in [0.3, 0.4) is 0 Å². The molecule has 0 radical (unpaired) electrons. The Labute approximate surface area is 251 Å². The quantitative estimate of drug-likeness (QED) is 0.190. The highest BCUT2D eigenvalue weighted by Crippen LogP contribution is 2.45. The van der Waals surface area contributed by atoms with E-state index in [-0.39, 0.29) is 0 Å². The van der Waals surface area contributed by atoms with Crippen LogP contribution in [0.25, 0.3) is 55.3 Å². The van der Waals surface area contributed by atoms with Crippen LogP contribution in [0, 0.1) is 0 Å². The summed E-state index contributed by atoms with van der Waals surface area (Å²) in [5.41, 5.74) is 8.70. The fourth-order valence-electron chi connectivity index (χ4n) is 5.89. The largest absolute Gasteiger partial charge is 0.356 e. The van der Waals surface area contributed by atoms with E-state index >= 15 is 0 Å². The molecule has 40 heavy (non-hydrogen) atoms. The first-order chi connectivity index (χ1) is 19.7. The van der Waals surface area contributed by atoms with E-state index in [1.807, 2.05) is 0 Å². The molecule has 0 N–H and O–H groups in total. The average Bonchev–Trinajstić information content (AvgIpc) is 3.01. The summed E-state index contributed by atoms with van der Waals surface area (Å²) in [6.07, 6.45) is 3.61. The standard InChI is InChI=1S/C35H27Br2N3/c36-25-14-16-30-28(20-25)27(23-10-4-1-5-11-23)22-32(38-30)34-33(24-12-6-2-7-13-24)29-21-26(37)15-17-31(29)39-35(34)40-18-8-3-9-19-40/h1-2,4-7,10-17,20-22H,3,8-9,18-19H2. The van der Waals surface area contributed by atoms with Gasteiger partial charge >= 0.3 is 0 Å². The van der Waals surface area contributed by atoms with Crippen molar-refractivity contribution < 1.29 is 0 Å². The zero-order valence-electron chi connectivity index (χ0n) is 21.9. The first kappa shape index (κ1) is 25.4. The smallest absolute Gasteiger partial charge is 0.139 e. The minimum atomic E-state index is 0.947. The van der Waals surface area contributed by atoms with Crippen LogP contribution in [-0.2, 0) is 0 Å². The van der Waals surface area contributed by atoms with Gasteiger partial charge in [-0.05, 0) is 78.4 Å². The molecule has 3 nitrogen and oxygen atoms in total. The summed E-state index contributed by atoms with van der Waals surface area (Å²) >= 11 is 7.43. The van der Waals surface area contributed by atoms with Crippen LogP contribution in [-0.4, -0.2) is 23.1 Å². The summed E-state index contributed by atoms with van der Waals surface area (Å²) in [7, 11) is 0. The molecule has 0 amide bonds. The van der Waals surface area contributed by atoms with Gasteiger partial charge in [0.05, 0.1) is 22.3 Å². The molecule has 1 aliphatic rings. The van der Waals surface area contributed by atoms with Gasteiger partial charge in [-0.25, -0.2) is 9.97 Å². The van der Waals surface area contributed by atoms with Crippen molar-refractivity contribution in [2.75, 3.05) is 18.0 Å². The third-order valence-electron chi connectivity index (χ3n) is 7.76. The Kier molecular flexibility index (Phi) is 6.86. The molecule has 0 aliphatic carbocycles. The second kappa shape index (κ2) is 10.8. The predicted molar refractivity (Wildman–Crippen MR) is 175 cm³/mol. The molecule has 0 atom stereocenters. The van der Waals surface area contributed by atoms with Crippen LogP contribution >= 0.6 is 31.9 Å². The first-order valence-electron chi connectivity index (χ1n) is 13.8. The molecule has 0 saturated carbocycles. The normalized spacial score (nSPS) is 13.7. The molecule has 6 aromatic rings. The Morgan fingerprint density at radius 3 is 1.82 bits per heavy atom. The van der Waals surface area contributed by atoms with Crippen molar-refractivity contribution in [1.82, 2.24) is 9.97 Å². The van der Waals surface area contributed by atoms with E-state index in [1.54, 1.807) is 0 Å². The fraction of sp³-hybridized carbons (Fsp3) is 0.143. The molecule has 3 heterocycles. The lowest BCUT2D eigenvalue weighted by Gasteiger charge is -2.31. The summed E-state index contributed by atoms with van der Waals surface area (Å²) in [5.74, 6) is 1.02. The van der Waals surface area contributed by atoms with Crippen LogP contribution in [0.4, 0.5) is 5.82 Å². The fourth-order valence-corrected chi connectivity index (χ4v) is 6.61. The van der Waals surface area contributed by atoms with Crippen molar-refractivity contribution in [3.8, 4) is 33.5 Å². The second-order valence-corrected chi connectivity index (χ2v) is 12.2. The van der Waals surface area contributed by atoms with Crippen LogP contribution in [0.1, 0.15) is 19.3 Å². The highest BCUT2D eigenvalue weighted by atomic mass is 79.9. The zero-order valence-corrected chi connectivity index (χ0v) is 25.1. The molecular formula is C35H27Br2N3.